The molecule has 6 heteroatoms. The second-order valence-corrected chi connectivity index (χ2v) is 7.21. The number of benzene rings is 1. The minimum atomic E-state index is 0.137. The van der Waals surface area contributed by atoms with E-state index in [4.69, 9.17) is 4.74 Å². The Bertz CT molecular complexity index is 587. The molecule has 1 aromatic rings. The van der Waals surface area contributed by atoms with Crippen LogP contribution in [0.3, 0.4) is 0 Å². The molecule has 2 heterocycles. The van der Waals surface area contributed by atoms with Crippen LogP contribution in [0.25, 0.3) is 0 Å². The van der Waals surface area contributed by atoms with Gasteiger partial charge in [-0.05, 0) is 31.5 Å². The summed E-state index contributed by atoms with van der Waals surface area (Å²) in [6, 6.07) is 8.90. The zero-order valence-electron chi connectivity index (χ0n) is 16.1. The van der Waals surface area contributed by atoms with E-state index in [0.717, 1.165) is 51.6 Å². The predicted octanol–water partition coefficient (Wildman–Crippen LogP) is 1.42. The summed E-state index contributed by atoms with van der Waals surface area (Å²) in [5.74, 6) is 1.09. The minimum absolute atomic E-state index is 0.137. The highest BCUT2D eigenvalue weighted by atomic mass is 16.5. The van der Waals surface area contributed by atoms with Crippen LogP contribution >= 0.6 is 0 Å². The first-order valence-electron chi connectivity index (χ1n) is 9.76. The highest BCUT2D eigenvalue weighted by Crippen LogP contribution is 2.29. The molecule has 1 unspecified atom stereocenters. The van der Waals surface area contributed by atoms with Crippen LogP contribution < -0.4 is 15.0 Å². The summed E-state index contributed by atoms with van der Waals surface area (Å²) in [7, 11) is 3.45. The number of carbonyl (C=O) groups excluding carboxylic acids is 1. The normalized spacial score (nSPS) is 22.2. The number of carbonyl (C=O) groups is 1. The van der Waals surface area contributed by atoms with Crippen molar-refractivity contribution in [2.45, 2.75) is 25.3 Å². The zero-order chi connectivity index (χ0) is 18.4. The molecule has 0 radical (unpaired) electrons. The number of hydrogen-bond acceptors (Lipinski definition) is 5. The second kappa shape index (κ2) is 9.24. The number of amides is 1. The standard InChI is InChI=1S/C20H32N4O2/c1-21-20(25)9-11-22-10-5-6-17(16-22)23-12-14-24(15-13-23)18-7-3-4-8-19(18)26-2/h3-4,7-8,17H,5-6,9-16H2,1-2H3,(H,21,25). The fraction of sp³-hybridized carbons (Fsp3) is 0.650. The lowest BCUT2D eigenvalue weighted by Gasteiger charge is -2.44. The van der Waals surface area contributed by atoms with Crippen LogP contribution in [0.2, 0.25) is 0 Å². The summed E-state index contributed by atoms with van der Waals surface area (Å²) in [4.78, 5) is 19.0. The largest absolute Gasteiger partial charge is 0.495 e. The van der Waals surface area contributed by atoms with Gasteiger partial charge in [-0.1, -0.05) is 12.1 Å². The molecule has 0 aliphatic carbocycles. The molecule has 6 nitrogen and oxygen atoms in total. The Balaban J connectivity index is 1.50. The summed E-state index contributed by atoms with van der Waals surface area (Å²) in [5.41, 5.74) is 1.20. The van der Waals surface area contributed by atoms with Gasteiger partial charge in [0.25, 0.3) is 0 Å². The molecule has 0 aromatic heterocycles. The predicted molar refractivity (Wildman–Crippen MR) is 105 cm³/mol. The average molecular weight is 361 g/mol. The first kappa shape index (κ1) is 19.0. The maximum atomic E-state index is 11.5. The number of hydrogen-bond donors (Lipinski definition) is 1. The highest BCUT2D eigenvalue weighted by molar-refractivity contribution is 5.75. The summed E-state index contributed by atoms with van der Waals surface area (Å²) < 4.78 is 5.52. The molecular formula is C20H32N4O2. The number of piperidine rings is 1. The SMILES string of the molecule is CNC(=O)CCN1CCCC(N2CCN(c3ccccc3OC)CC2)C1. The van der Waals surface area contributed by atoms with Crippen LogP contribution in [0.1, 0.15) is 19.3 Å². The van der Waals surface area contributed by atoms with Crippen molar-refractivity contribution in [1.82, 2.24) is 15.1 Å². The third-order valence-corrected chi connectivity index (χ3v) is 5.67. The third-order valence-electron chi connectivity index (χ3n) is 5.67. The number of nitrogens with zero attached hydrogens (tertiary/aromatic N) is 3. The summed E-state index contributed by atoms with van der Waals surface area (Å²) in [6.45, 7) is 7.33. The van der Waals surface area contributed by atoms with Gasteiger partial charge in [-0.15, -0.1) is 0 Å². The minimum Gasteiger partial charge on any atom is -0.495 e. The Kier molecular flexibility index (Phi) is 6.74. The fourth-order valence-electron chi connectivity index (χ4n) is 4.14. The van der Waals surface area contributed by atoms with E-state index < -0.39 is 0 Å². The molecule has 1 N–H and O–H groups in total. The van der Waals surface area contributed by atoms with Crippen LogP contribution in [0, 0.1) is 0 Å². The molecule has 1 atom stereocenters. The number of para-hydroxylation sites is 2. The zero-order valence-corrected chi connectivity index (χ0v) is 16.1. The van der Waals surface area contributed by atoms with Crippen molar-refractivity contribution in [1.29, 1.82) is 0 Å². The smallest absolute Gasteiger partial charge is 0.221 e. The lowest BCUT2D eigenvalue weighted by atomic mass is 10.0. The Labute approximate surface area is 157 Å². The molecule has 0 spiro atoms. The molecule has 2 aliphatic heterocycles. The van der Waals surface area contributed by atoms with Gasteiger partial charge >= 0.3 is 0 Å². The third kappa shape index (κ3) is 4.68. The molecule has 2 saturated heterocycles. The summed E-state index contributed by atoms with van der Waals surface area (Å²) >= 11 is 0. The van der Waals surface area contributed by atoms with Crippen LogP contribution in [0.5, 0.6) is 5.75 Å². The number of likely N-dealkylation sites (tertiary alicyclic amines) is 1. The van der Waals surface area contributed by atoms with Crippen molar-refractivity contribution in [2.75, 3.05) is 64.9 Å². The molecule has 2 fully saturated rings. The van der Waals surface area contributed by atoms with Crippen LogP contribution in [-0.4, -0.2) is 81.7 Å². The van der Waals surface area contributed by atoms with Gasteiger partial charge in [-0.2, -0.15) is 0 Å². The monoisotopic (exact) mass is 360 g/mol. The molecular weight excluding hydrogens is 328 g/mol. The Morgan fingerprint density at radius 2 is 1.96 bits per heavy atom. The molecule has 26 heavy (non-hydrogen) atoms. The van der Waals surface area contributed by atoms with Crippen molar-refractivity contribution in [3.63, 3.8) is 0 Å². The number of nitrogens with one attached hydrogen (secondary N) is 1. The van der Waals surface area contributed by atoms with Gasteiger partial charge in [0.05, 0.1) is 12.8 Å². The fourth-order valence-corrected chi connectivity index (χ4v) is 4.14. The van der Waals surface area contributed by atoms with Gasteiger partial charge in [0.15, 0.2) is 0 Å². The van der Waals surface area contributed by atoms with E-state index in [1.54, 1.807) is 14.2 Å². The maximum Gasteiger partial charge on any atom is 0.221 e. The quantitative estimate of drug-likeness (QED) is 0.831. The molecule has 3 rings (SSSR count). The number of ether oxygens (including phenoxy) is 1. The van der Waals surface area contributed by atoms with E-state index in [1.807, 2.05) is 12.1 Å². The maximum absolute atomic E-state index is 11.5. The first-order valence-corrected chi connectivity index (χ1v) is 9.76. The first-order chi connectivity index (χ1) is 12.7. The summed E-state index contributed by atoms with van der Waals surface area (Å²) in [5, 5.41) is 2.72. The number of piperazine rings is 1. The van der Waals surface area contributed by atoms with Crippen molar-refractivity contribution in [3.8, 4) is 5.75 Å². The van der Waals surface area contributed by atoms with E-state index in [9.17, 15) is 4.79 Å². The van der Waals surface area contributed by atoms with Gasteiger partial charge in [0.1, 0.15) is 5.75 Å². The van der Waals surface area contributed by atoms with Crippen LogP contribution in [-0.2, 0) is 4.79 Å². The van der Waals surface area contributed by atoms with Crippen molar-refractivity contribution in [2.24, 2.45) is 0 Å². The van der Waals surface area contributed by atoms with Gasteiger partial charge in [-0.3, -0.25) is 9.69 Å². The van der Waals surface area contributed by atoms with Crippen LogP contribution in [0.4, 0.5) is 5.69 Å². The molecule has 1 amide bonds. The van der Waals surface area contributed by atoms with Crippen molar-refractivity contribution >= 4 is 11.6 Å². The molecule has 1 aromatic carbocycles. The van der Waals surface area contributed by atoms with E-state index in [0.29, 0.717) is 12.5 Å². The Morgan fingerprint density at radius 1 is 1.19 bits per heavy atom. The average Bonchev–Trinajstić information content (AvgIpc) is 2.72. The Hall–Kier alpha value is -1.79. The van der Waals surface area contributed by atoms with E-state index in [2.05, 4.69) is 32.1 Å². The summed E-state index contributed by atoms with van der Waals surface area (Å²) in [6.07, 6.45) is 3.10. The Morgan fingerprint density at radius 3 is 2.69 bits per heavy atom. The number of rotatable bonds is 6. The van der Waals surface area contributed by atoms with Gasteiger partial charge < -0.3 is 19.9 Å². The number of anilines is 1. The number of methoxy groups -OCH3 is 1. The van der Waals surface area contributed by atoms with Crippen molar-refractivity contribution < 1.29 is 9.53 Å². The van der Waals surface area contributed by atoms with Gasteiger partial charge in [0.2, 0.25) is 5.91 Å². The molecule has 0 bridgehead atoms. The van der Waals surface area contributed by atoms with Crippen molar-refractivity contribution in [3.05, 3.63) is 24.3 Å². The molecule has 2 aliphatic rings. The highest BCUT2D eigenvalue weighted by Gasteiger charge is 2.28. The topological polar surface area (TPSA) is 48.1 Å². The van der Waals surface area contributed by atoms with E-state index in [1.165, 1.54) is 18.5 Å². The molecule has 0 saturated carbocycles. The second-order valence-electron chi connectivity index (χ2n) is 7.21. The van der Waals surface area contributed by atoms with E-state index >= 15 is 0 Å². The molecule has 144 valence electrons. The lowest BCUT2D eigenvalue weighted by molar-refractivity contribution is -0.121. The van der Waals surface area contributed by atoms with Crippen LogP contribution in [0.15, 0.2) is 24.3 Å². The van der Waals surface area contributed by atoms with Gasteiger partial charge in [-0.25, -0.2) is 0 Å². The van der Waals surface area contributed by atoms with E-state index in [-0.39, 0.29) is 5.91 Å². The lowest BCUT2D eigenvalue weighted by Crippen LogP contribution is -2.55. The van der Waals surface area contributed by atoms with Gasteiger partial charge in [0, 0.05) is 58.8 Å².